The highest BCUT2D eigenvalue weighted by molar-refractivity contribution is 7.07. The van der Waals surface area contributed by atoms with Crippen LogP contribution in [-0.4, -0.2) is 34.9 Å². The lowest BCUT2D eigenvalue weighted by molar-refractivity contribution is 0.0786. The minimum atomic E-state index is 0.00852. The van der Waals surface area contributed by atoms with Crippen LogP contribution < -0.4 is 5.73 Å². The molecule has 0 aliphatic carbocycles. The second kappa shape index (κ2) is 3.43. The van der Waals surface area contributed by atoms with Gasteiger partial charge in [0.15, 0.2) is 0 Å². The Kier molecular flexibility index (Phi) is 2.28. The minimum absolute atomic E-state index is 0.00852. The topological polar surface area (TPSA) is 59.2 Å². The summed E-state index contributed by atoms with van der Waals surface area (Å²) >= 11 is 1.44. The average Bonchev–Trinajstić information content (AvgIpc) is 2.72. The molecule has 70 valence electrons. The van der Waals surface area contributed by atoms with E-state index in [4.69, 9.17) is 5.73 Å². The Hall–Kier alpha value is -0.940. The molecule has 2 N–H and O–H groups in total. The first kappa shape index (κ1) is 8.65. The fraction of sp³-hybridized carbons (Fsp3) is 0.500. The number of aromatic nitrogens is 1. The first-order valence-electron chi connectivity index (χ1n) is 4.20. The number of carbonyl (C=O) groups is 1. The van der Waals surface area contributed by atoms with E-state index in [1.165, 1.54) is 11.3 Å². The Labute approximate surface area is 80.4 Å². The van der Waals surface area contributed by atoms with Gasteiger partial charge in [0.1, 0.15) is 5.69 Å². The molecular weight excluding hydrogens is 186 g/mol. The van der Waals surface area contributed by atoms with Gasteiger partial charge in [-0.05, 0) is 6.42 Å². The van der Waals surface area contributed by atoms with Gasteiger partial charge in [0.05, 0.1) is 5.51 Å². The van der Waals surface area contributed by atoms with Crippen LogP contribution in [-0.2, 0) is 0 Å². The molecule has 1 aliphatic heterocycles. The van der Waals surface area contributed by atoms with Crippen LogP contribution in [0.2, 0.25) is 0 Å². The number of likely N-dealkylation sites (tertiary alicyclic amines) is 1. The predicted octanol–water partition coefficient (Wildman–Crippen LogP) is 0.316. The Morgan fingerprint density at radius 3 is 3.15 bits per heavy atom. The number of amides is 1. The van der Waals surface area contributed by atoms with Crippen molar-refractivity contribution in [3.8, 4) is 0 Å². The maximum atomic E-state index is 11.7. The SMILES string of the molecule is N[C@@H]1CCN(C(=O)c2cscn2)C1. The van der Waals surface area contributed by atoms with Crippen LogP contribution in [0, 0.1) is 0 Å². The smallest absolute Gasteiger partial charge is 0.273 e. The predicted molar refractivity (Wildman–Crippen MR) is 50.6 cm³/mol. The molecule has 5 heteroatoms. The van der Waals surface area contributed by atoms with Crippen LogP contribution in [0.4, 0.5) is 0 Å². The first-order chi connectivity index (χ1) is 6.27. The van der Waals surface area contributed by atoms with Crippen LogP contribution >= 0.6 is 11.3 Å². The van der Waals surface area contributed by atoms with Gasteiger partial charge in [0, 0.05) is 24.5 Å². The maximum Gasteiger partial charge on any atom is 0.273 e. The van der Waals surface area contributed by atoms with E-state index in [0.29, 0.717) is 12.2 Å². The second-order valence-electron chi connectivity index (χ2n) is 3.17. The van der Waals surface area contributed by atoms with Crippen molar-refractivity contribution in [1.29, 1.82) is 0 Å². The van der Waals surface area contributed by atoms with E-state index in [1.807, 2.05) is 0 Å². The van der Waals surface area contributed by atoms with Crippen molar-refractivity contribution in [3.63, 3.8) is 0 Å². The molecule has 1 atom stereocenters. The van der Waals surface area contributed by atoms with Gasteiger partial charge in [-0.25, -0.2) is 4.98 Å². The zero-order valence-electron chi connectivity index (χ0n) is 7.14. The molecule has 0 bridgehead atoms. The summed E-state index contributed by atoms with van der Waals surface area (Å²) in [5.74, 6) is 0.00852. The van der Waals surface area contributed by atoms with E-state index < -0.39 is 0 Å². The zero-order valence-corrected chi connectivity index (χ0v) is 7.96. The molecule has 1 aliphatic rings. The Bertz CT molecular complexity index is 298. The highest BCUT2D eigenvalue weighted by Crippen LogP contribution is 2.12. The third kappa shape index (κ3) is 1.71. The highest BCUT2D eigenvalue weighted by Gasteiger charge is 2.25. The van der Waals surface area contributed by atoms with Crippen LogP contribution in [0.1, 0.15) is 16.9 Å². The molecule has 1 aromatic rings. The lowest BCUT2D eigenvalue weighted by Gasteiger charge is -2.13. The second-order valence-corrected chi connectivity index (χ2v) is 3.89. The van der Waals surface area contributed by atoms with Crippen molar-refractivity contribution in [1.82, 2.24) is 9.88 Å². The number of hydrogen-bond donors (Lipinski definition) is 1. The fourth-order valence-corrected chi connectivity index (χ4v) is 1.98. The van der Waals surface area contributed by atoms with Crippen molar-refractivity contribution in [2.45, 2.75) is 12.5 Å². The normalized spacial score (nSPS) is 22.2. The molecule has 2 rings (SSSR count). The number of hydrogen-bond acceptors (Lipinski definition) is 4. The van der Waals surface area contributed by atoms with Gasteiger partial charge < -0.3 is 10.6 Å². The largest absolute Gasteiger partial charge is 0.336 e. The van der Waals surface area contributed by atoms with Gasteiger partial charge in [-0.2, -0.15) is 0 Å². The molecule has 0 saturated carbocycles. The molecule has 1 fully saturated rings. The van der Waals surface area contributed by atoms with E-state index in [-0.39, 0.29) is 11.9 Å². The summed E-state index contributed by atoms with van der Waals surface area (Å²) in [6.45, 7) is 1.42. The molecule has 1 amide bonds. The average molecular weight is 197 g/mol. The fourth-order valence-electron chi connectivity index (χ4n) is 1.45. The van der Waals surface area contributed by atoms with E-state index in [2.05, 4.69) is 4.98 Å². The monoisotopic (exact) mass is 197 g/mol. The van der Waals surface area contributed by atoms with Crippen molar-refractivity contribution in [2.24, 2.45) is 5.73 Å². The Morgan fingerprint density at radius 1 is 1.77 bits per heavy atom. The Morgan fingerprint density at radius 2 is 2.62 bits per heavy atom. The molecule has 4 nitrogen and oxygen atoms in total. The summed E-state index contributed by atoms with van der Waals surface area (Å²) < 4.78 is 0. The van der Waals surface area contributed by atoms with Crippen molar-refractivity contribution < 1.29 is 4.79 Å². The highest BCUT2D eigenvalue weighted by atomic mass is 32.1. The number of carbonyl (C=O) groups excluding carboxylic acids is 1. The summed E-state index contributed by atoms with van der Waals surface area (Å²) in [6, 6.07) is 0.141. The van der Waals surface area contributed by atoms with E-state index in [1.54, 1.807) is 15.8 Å². The molecule has 0 spiro atoms. The molecule has 0 aromatic carbocycles. The quantitative estimate of drug-likeness (QED) is 0.705. The molecule has 0 radical (unpaired) electrons. The van der Waals surface area contributed by atoms with Gasteiger partial charge in [0.25, 0.3) is 5.91 Å². The summed E-state index contributed by atoms with van der Waals surface area (Å²) in [7, 11) is 0. The number of nitrogens with zero attached hydrogens (tertiary/aromatic N) is 2. The van der Waals surface area contributed by atoms with Crippen LogP contribution in [0.25, 0.3) is 0 Å². The molecule has 0 unspecified atom stereocenters. The van der Waals surface area contributed by atoms with Gasteiger partial charge in [0.2, 0.25) is 0 Å². The lowest BCUT2D eigenvalue weighted by Crippen LogP contribution is -2.31. The molecule has 1 aromatic heterocycles. The zero-order chi connectivity index (χ0) is 9.26. The van der Waals surface area contributed by atoms with E-state index in [9.17, 15) is 4.79 Å². The van der Waals surface area contributed by atoms with Crippen LogP contribution in [0.3, 0.4) is 0 Å². The number of rotatable bonds is 1. The molecular formula is C8H11N3OS. The number of nitrogens with two attached hydrogens (primary N) is 1. The van der Waals surface area contributed by atoms with Gasteiger partial charge in [-0.15, -0.1) is 11.3 Å². The van der Waals surface area contributed by atoms with E-state index >= 15 is 0 Å². The number of thiazole rings is 1. The summed E-state index contributed by atoms with van der Waals surface area (Å²) in [6.07, 6.45) is 0.899. The first-order valence-corrected chi connectivity index (χ1v) is 5.14. The lowest BCUT2D eigenvalue weighted by atomic mass is 10.3. The van der Waals surface area contributed by atoms with Gasteiger partial charge in [-0.3, -0.25) is 4.79 Å². The van der Waals surface area contributed by atoms with Crippen LogP contribution in [0.15, 0.2) is 10.9 Å². The molecule has 2 heterocycles. The maximum absolute atomic E-state index is 11.7. The van der Waals surface area contributed by atoms with Crippen molar-refractivity contribution in [2.75, 3.05) is 13.1 Å². The third-order valence-corrected chi connectivity index (χ3v) is 2.75. The Balaban J connectivity index is 2.06. The van der Waals surface area contributed by atoms with Gasteiger partial charge in [-0.1, -0.05) is 0 Å². The summed E-state index contributed by atoms with van der Waals surface area (Å²) in [5, 5.41) is 1.77. The van der Waals surface area contributed by atoms with Crippen molar-refractivity contribution >= 4 is 17.2 Å². The standard InChI is InChI=1S/C8H11N3OS/c9-6-1-2-11(3-6)8(12)7-4-13-5-10-7/h4-6H,1-3,9H2/t6-/m1/s1. The van der Waals surface area contributed by atoms with Gasteiger partial charge >= 0.3 is 0 Å². The van der Waals surface area contributed by atoms with Crippen LogP contribution in [0.5, 0.6) is 0 Å². The minimum Gasteiger partial charge on any atom is -0.336 e. The molecule has 1 saturated heterocycles. The third-order valence-electron chi connectivity index (χ3n) is 2.16. The van der Waals surface area contributed by atoms with Crippen molar-refractivity contribution in [3.05, 3.63) is 16.6 Å². The summed E-state index contributed by atoms with van der Waals surface area (Å²) in [5.41, 5.74) is 7.92. The molecule has 13 heavy (non-hydrogen) atoms. The summed E-state index contributed by atoms with van der Waals surface area (Å²) in [4.78, 5) is 17.4. The van der Waals surface area contributed by atoms with E-state index in [0.717, 1.165) is 13.0 Å².